The largest absolute Gasteiger partial charge is 0.456 e. The van der Waals surface area contributed by atoms with Gasteiger partial charge in [-0.25, -0.2) is 0 Å². The number of halogens is 2. The van der Waals surface area contributed by atoms with Crippen LogP contribution < -0.4 is 10.1 Å². The molecular formula is C17H19Br2NO. The van der Waals surface area contributed by atoms with Crippen LogP contribution in [0.2, 0.25) is 0 Å². The summed E-state index contributed by atoms with van der Waals surface area (Å²) in [5.41, 5.74) is 2.40. The Bertz CT molecular complexity index is 626. The van der Waals surface area contributed by atoms with Crippen LogP contribution in [0, 0.1) is 6.92 Å². The molecule has 2 rings (SSSR count). The molecule has 2 nitrogen and oxygen atoms in total. The molecule has 0 bridgehead atoms. The molecule has 0 saturated heterocycles. The highest BCUT2D eigenvalue weighted by atomic mass is 79.9. The van der Waals surface area contributed by atoms with Gasteiger partial charge >= 0.3 is 0 Å². The average molecular weight is 413 g/mol. The second kappa shape index (κ2) is 7.43. The molecule has 0 unspecified atom stereocenters. The van der Waals surface area contributed by atoms with E-state index in [2.05, 4.69) is 70.1 Å². The Balaban J connectivity index is 2.13. The number of rotatable bonds is 5. The second-order valence-corrected chi connectivity index (χ2v) is 7.08. The van der Waals surface area contributed by atoms with Gasteiger partial charge in [0.15, 0.2) is 0 Å². The van der Waals surface area contributed by atoms with Crippen LogP contribution in [-0.4, -0.2) is 6.04 Å². The van der Waals surface area contributed by atoms with Crippen molar-refractivity contribution in [1.82, 2.24) is 5.32 Å². The zero-order chi connectivity index (χ0) is 15.4. The topological polar surface area (TPSA) is 21.3 Å². The summed E-state index contributed by atoms with van der Waals surface area (Å²) in [4.78, 5) is 0. The first-order valence-corrected chi connectivity index (χ1v) is 8.50. The summed E-state index contributed by atoms with van der Waals surface area (Å²) < 4.78 is 7.94. The fraction of sp³-hybridized carbons (Fsp3) is 0.294. The molecule has 2 aromatic carbocycles. The standard InChI is InChI=1S/C17H19Br2NO/c1-11(2)20-10-13-4-6-16(12(3)8-13)21-17-7-5-14(18)9-15(17)19/h4-9,11,20H,10H2,1-3H3. The van der Waals surface area contributed by atoms with Gasteiger partial charge in [-0.2, -0.15) is 0 Å². The van der Waals surface area contributed by atoms with Crippen LogP contribution in [0.15, 0.2) is 45.3 Å². The summed E-state index contributed by atoms with van der Waals surface area (Å²) in [7, 11) is 0. The van der Waals surface area contributed by atoms with Crippen molar-refractivity contribution < 1.29 is 4.74 Å². The predicted octanol–water partition coefficient (Wildman–Crippen LogP) is 5.81. The first-order valence-electron chi connectivity index (χ1n) is 6.91. The maximum absolute atomic E-state index is 5.99. The highest BCUT2D eigenvalue weighted by Crippen LogP contribution is 2.33. The molecule has 1 N–H and O–H groups in total. The van der Waals surface area contributed by atoms with Crippen molar-refractivity contribution in [1.29, 1.82) is 0 Å². The molecule has 0 atom stereocenters. The monoisotopic (exact) mass is 411 g/mol. The first-order chi connectivity index (χ1) is 9.95. The Kier molecular flexibility index (Phi) is 5.85. The fourth-order valence-corrected chi connectivity index (χ4v) is 3.06. The molecule has 21 heavy (non-hydrogen) atoms. The Labute approximate surface area is 143 Å². The van der Waals surface area contributed by atoms with Gasteiger partial charge in [-0.1, -0.05) is 41.9 Å². The van der Waals surface area contributed by atoms with E-state index in [-0.39, 0.29) is 0 Å². The molecule has 0 aliphatic heterocycles. The highest BCUT2D eigenvalue weighted by molar-refractivity contribution is 9.11. The molecule has 112 valence electrons. The van der Waals surface area contributed by atoms with Gasteiger partial charge < -0.3 is 10.1 Å². The number of ether oxygens (including phenoxy) is 1. The molecule has 0 amide bonds. The van der Waals surface area contributed by atoms with Crippen molar-refractivity contribution in [3.8, 4) is 11.5 Å². The lowest BCUT2D eigenvalue weighted by atomic mass is 10.1. The van der Waals surface area contributed by atoms with Crippen LogP contribution in [0.5, 0.6) is 11.5 Å². The van der Waals surface area contributed by atoms with Gasteiger partial charge in [0.2, 0.25) is 0 Å². The lowest BCUT2D eigenvalue weighted by molar-refractivity contribution is 0.475. The maximum atomic E-state index is 5.99. The number of nitrogens with one attached hydrogen (secondary N) is 1. The van der Waals surface area contributed by atoms with Crippen molar-refractivity contribution in [2.75, 3.05) is 0 Å². The molecule has 0 fully saturated rings. The van der Waals surface area contributed by atoms with E-state index in [1.165, 1.54) is 5.56 Å². The number of benzene rings is 2. The fourth-order valence-electron chi connectivity index (χ4n) is 1.93. The van der Waals surface area contributed by atoms with E-state index in [0.717, 1.165) is 32.6 Å². The van der Waals surface area contributed by atoms with Crippen molar-refractivity contribution in [3.05, 3.63) is 56.5 Å². The SMILES string of the molecule is Cc1cc(CNC(C)C)ccc1Oc1ccc(Br)cc1Br. The molecule has 0 aliphatic rings. The quantitative estimate of drug-likeness (QED) is 0.668. The summed E-state index contributed by atoms with van der Waals surface area (Å²) in [5, 5.41) is 3.42. The molecule has 0 heterocycles. The van der Waals surface area contributed by atoms with E-state index in [4.69, 9.17) is 4.74 Å². The van der Waals surface area contributed by atoms with Gasteiger partial charge in [-0.3, -0.25) is 0 Å². The molecule has 0 saturated carbocycles. The summed E-state index contributed by atoms with van der Waals surface area (Å²) >= 11 is 6.96. The third-order valence-electron chi connectivity index (χ3n) is 3.07. The van der Waals surface area contributed by atoms with Crippen LogP contribution >= 0.6 is 31.9 Å². The smallest absolute Gasteiger partial charge is 0.141 e. The van der Waals surface area contributed by atoms with Gasteiger partial charge in [0, 0.05) is 17.1 Å². The van der Waals surface area contributed by atoms with Crippen molar-refractivity contribution in [2.24, 2.45) is 0 Å². The van der Waals surface area contributed by atoms with E-state index in [9.17, 15) is 0 Å². The molecule has 2 aromatic rings. The minimum Gasteiger partial charge on any atom is -0.456 e. The molecule has 0 spiro atoms. The Morgan fingerprint density at radius 1 is 1.05 bits per heavy atom. The molecule has 0 aromatic heterocycles. The minimum absolute atomic E-state index is 0.486. The van der Waals surface area contributed by atoms with Gasteiger partial charge in [-0.05, 0) is 58.2 Å². The Morgan fingerprint density at radius 2 is 1.76 bits per heavy atom. The summed E-state index contributed by atoms with van der Waals surface area (Å²) in [6, 6.07) is 12.7. The first kappa shape index (κ1) is 16.5. The zero-order valence-electron chi connectivity index (χ0n) is 12.4. The molecule has 0 aliphatic carbocycles. The molecule has 0 radical (unpaired) electrons. The summed E-state index contributed by atoms with van der Waals surface area (Å²) in [6.07, 6.45) is 0. The van der Waals surface area contributed by atoms with Crippen LogP contribution in [0.4, 0.5) is 0 Å². The van der Waals surface area contributed by atoms with Crippen molar-refractivity contribution in [2.45, 2.75) is 33.4 Å². The lowest BCUT2D eigenvalue weighted by Crippen LogP contribution is -2.21. The van der Waals surface area contributed by atoms with Gasteiger partial charge in [0.1, 0.15) is 11.5 Å². The lowest BCUT2D eigenvalue weighted by Gasteiger charge is -2.13. The Morgan fingerprint density at radius 3 is 2.38 bits per heavy atom. The second-order valence-electron chi connectivity index (χ2n) is 5.31. The molecule has 4 heteroatoms. The van der Waals surface area contributed by atoms with Crippen LogP contribution in [0.1, 0.15) is 25.0 Å². The van der Waals surface area contributed by atoms with Gasteiger partial charge in [0.05, 0.1) is 4.47 Å². The van der Waals surface area contributed by atoms with E-state index in [0.29, 0.717) is 6.04 Å². The minimum atomic E-state index is 0.486. The third-order valence-corrected chi connectivity index (χ3v) is 4.18. The van der Waals surface area contributed by atoms with E-state index >= 15 is 0 Å². The van der Waals surface area contributed by atoms with Crippen molar-refractivity contribution in [3.63, 3.8) is 0 Å². The zero-order valence-corrected chi connectivity index (χ0v) is 15.6. The summed E-state index contributed by atoms with van der Waals surface area (Å²) in [6.45, 7) is 7.24. The van der Waals surface area contributed by atoms with Crippen molar-refractivity contribution >= 4 is 31.9 Å². The van der Waals surface area contributed by atoms with E-state index in [1.54, 1.807) is 0 Å². The van der Waals surface area contributed by atoms with Crippen LogP contribution in [-0.2, 0) is 6.54 Å². The number of hydrogen-bond acceptors (Lipinski definition) is 2. The number of aryl methyl sites for hydroxylation is 1. The van der Waals surface area contributed by atoms with E-state index < -0.39 is 0 Å². The maximum Gasteiger partial charge on any atom is 0.141 e. The van der Waals surface area contributed by atoms with Gasteiger partial charge in [0.25, 0.3) is 0 Å². The van der Waals surface area contributed by atoms with E-state index in [1.807, 2.05) is 24.3 Å². The number of hydrogen-bond donors (Lipinski definition) is 1. The highest BCUT2D eigenvalue weighted by Gasteiger charge is 2.07. The Hall–Kier alpha value is -0.840. The average Bonchev–Trinajstić information content (AvgIpc) is 2.42. The van der Waals surface area contributed by atoms with Crippen LogP contribution in [0.3, 0.4) is 0 Å². The summed E-state index contributed by atoms with van der Waals surface area (Å²) in [5.74, 6) is 1.70. The normalized spacial score (nSPS) is 11.0. The van der Waals surface area contributed by atoms with Crippen LogP contribution in [0.25, 0.3) is 0 Å². The predicted molar refractivity (Wildman–Crippen MR) is 95.1 cm³/mol. The molecular weight excluding hydrogens is 394 g/mol. The van der Waals surface area contributed by atoms with Gasteiger partial charge in [-0.15, -0.1) is 0 Å². The third kappa shape index (κ3) is 4.83.